The van der Waals surface area contributed by atoms with E-state index in [4.69, 9.17) is 11.6 Å². The zero-order valence-electron chi connectivity index (χ0n) is 15.8. The number of carbonyl (C=O) groups excluding carboxylic acids is 1. The molecule has 0 bridgehead atoms. The second kappa shape index (κ2) is 9.11. The van der Waals surface area contributed by atoms with Gasteiger partial charge in [0.1, 0.15) is 5.82 Å². The van der Waals surface area contributed by atoms with Gasteiger partial charge in [-0.05, 0) is 48.5 Å². The summed E-state index contributed by atoms with van der Waals surface area (Å²) in [6.45, 7) is 3.61. The van der Waals surface area contributed by atoms with E-state index in [-0.39, 0.29) is 27.7 Å². The Balaban J connectivity index is 1.95. The molecule has 0 saturated carbocycles. The number of nitrogens with zero attached hydrogens (tertiary/aromatic N) is 1. The number of sulfonamides is 1. The number of hydrogen-bond donors (Lipinski definition) is 1. The van der Waals surface area contributed by atoms with Crippen molar-refractivity contribution >= 4 is 38.9 Å². The maximum absolute atomic E-state index is 13.3. The van der Waals surface area contributed by atoms with Crippen LogP contribution in [0.1, 0.15) is 10.4 Å². The van der Waals surface area contributed by atoms with Crippen LogP contribution in [0, 0.1) is 5.82 Å². The molecule has 0 aliphatic heterocycles. The second-order valence-corrected chi connectivity index (χ2v) is 8.54. The van der Waals surface area contributed by atoms with E-state index in [0.29, 0.717) is 5.69 Å². The molecule has 0 aromatic heterocycles. The first kappa shape index (κ1) is 21.5. The van der Waals surface area contributed by atoms with Gasteiger partial charge >= 0.3 is 0 Å². The Labute approximate surface area is 179 Å². The molecule has 0 unspecified atom stereocenters. The highest BCUT2D eigenvalue weighted by Gasteiger charge is 2.26. The standard InChI is InChI=1S/C22H18ClFN2O3S/c1-2-13-26(21-12-4-3-11-20(21)23)30(28,29)19-10-5-7-16(14-19)22(27)25-18-9-6-8-17(24)15-18/h2-12,14-15H,1,13H2,(H,25,27). The molecule has 0 saturated heterocycles. The predicted octanol–water partition coefficient (Wildman–Crippen LogP) is 5.11. The number of anilines is 2. The zero-order valence-corrected chi connectivity index (χ0v) is 17.3. The Bertz CT molecular complexity index is 1200. The van der Waals surface area contributed by atoms with Crippen molar-refractivity contribution in [3.05, 3.63) is 102 Å². The molecule has 0 spiro atoms. The van der Waals surface area contributed by atoms with Crippen molar-refractivity contribution in [3.8, 4) is 0 Å². The van der Waals surface area contributed by atoms with Gasteiger partial charge in [-0.1, -0.05) is 41.9 Å². The number of amides is 1. The van der Waals surface area contributed by atoms with Crippen LogP contribution in [0.15, 0.2) is 90.3 Å². The summed E-state index contributed by atoms with van der Waals surface area (Å²) in [6, 6.07) is 17.6. The minimum absolute atomic E-state index is 0.00815. The lowest BCUT2D eigenvalue weighted by molar-refractivity contribution is 0.102. The van der Waals surface area contributed by atoms with Gasteiger partial charge in [0.25, 0.3) is 15.9 Å². The number of nitrogens with one attached hydrogen (secondary N) is 1. The first-order valence-corrected chi connectivity index (χ1v) is 10.7. The van der Waals surface area contributed by atoms with E-state index in [9.17, 15) is 17.6 Å². The monoisotopic (exact) mass is 444 g/mol. The summed E-state index contributed by atoms with van der Waals surface area (Å²) in [5.74, 6) is -1.06. The van der Waals surface area contributed by atoms with Crippen molar-refractivity contribution in [2.45, 2.75) is 4.90 Å². The normalized spacial score (nSPS) is 11.0. The molecular weight excluding hydrogens is 427 g/mol. The maximum Gasteiger partial charge on any atom is 0.264 e. The van der Waals surface area contributed by atoms with Gasteiger partial charge in [-0.3, -0.25) is 9.10 Å². The molecule has 0 heterocycles. The van der Waals surface area contributed by atoms with Crippen LogP contribution in [0.4, 0.5) is 15.8 Å². The maximum atomic E-state index is 13.3. The second-order valence-electron chi connectivity index (χ2n) is 6.27. The Morgan fingerprint density at radius 1 is 1.07 bits per heavy atom. The molecule has 5 nitrogen and oxygen atoms in total. The lowest BCUT2D eigenvalue weighted by atomic mass is 10.2. The summed E-state index contributed by atoms with van der Waals surface area (Å²) < 4.78 is 41.0. The molecule has 0 radical (unpaired) electrons. The fourth-order valence-electron chi connectivity index (χ4n) is 2.79. The molecule has 0 atom stereocenters. The van der Waals surface area contributed by atoms with E-state index >= 15 is 0 Å². The van der Waals surface area contributed by atoms with Crippen molar-refractivity contribution in [2.75, 3.05) is 16.2 Å². The number of hydrogen-bond acceptors (Lipinski definition) is 3. The Hall–Kier alpha value is -3.16. The highest BCUT2D eigenvalue weighted by molar-refractivity contribution is 7.92. The Kier molecular flexibility index (Phi) is 6.54. The fraction of sp³-hybridized carbons (Fsp3) is 0.0455. The molecule has 3 aromatic carbocycles. The van der Waals surface area contributed by atoms with E-state index in [1.807, 2.05) is 0 Å². The fourth-order valence-corrected chi connectivity index (χ4v) is 4.58. The molecule has 8 heteroatoms. The highest BCUT2D eigenvalue weighted by atomic mass is 35.5. The van der Waals surface area contributed by atoms with Gasteiger partial charge in [0.2, 0.25) is 0 Å². The van der Waals surface area contributed by atoms with Crippen LogP contribution < -0.4 is 9.62 Å². The van der Waals surface area contributed by atoms with Gasteiger partial charge in [0, 0.05) is 11.3 Å². The van der Waals surface area contributed by atoms with E-state index in [1.54, 1.807) is 24.3 Å². The third kappa shape index (κ3) is 4.69. The molecule has 1 N–H and O–H groups in total. The van der Waals surface area contributed by atoms with Gasteiger partial charge in [-0.15, -0.1) is 6.58 Å². The molecular formula is C22H18ClFN2O3S. The van der Waals surface area contributed by atoms with Crippen molar-refractivity contribution < 1.29 is 17.6 Å². The van der Waals surface area contributed by atoms with Crippen molar-refractivity contribution in [1.29, 1.82) is 0 Å². The van der Waals surface area contributed by atoms with E-state index in [2.05, 4.69) is 11.9 Å². The largest absolute Gasteiger partial charge is 0.322 e. The van der Waals surface area contributed by atoms with Crippen molar-refractivity contribution in [1.82, 2.24) is 0 Å². The summed E-state index contributed by atoms with van der Waals surface area (Å²) in [5.41, 5.74) is 0.671. The minimum Gasteiger partial charge on any atom is -0.322 e. The topological polar surface area (TPSA) is 66.5 Å². The summed E-state index contributed by atoms with van der Waals surface area (Å²) >= 11 is 6.20. The molecule has 3 aromatic rings. The average Bonchev–Trinajstić information content (AvgIpc) is 2.73. The van der Waals surface area contributed by atoms with Crippen LogP contribution in [-0.2, 0) is 10.0 Å². The van der Waals surface area contributed by atoms with Crippen molar-refractivity contribution in [3.63, 3.8) is 0 Å². The lowest BCUT2D eigenvalue weighted by Crippen LogP contribution is -2.31. The number of carbonyl (C=O) groups is 1. The zero-order chi connectivity index (χ0) is 21.7. The van der Waals surface area contributed by atoms with Crippen LogP contribution in [0.2, 0.25) is 5.02 Å². The van der Waals surface area contributed by atoms with Gasteiger partial charge in [-0.25, -0.2) is 12.8 Å². The third-order valence-electron chi connectivity index (χ3n) is 4.18. The van der Waals surface area contributed by atoms with Crippen LogP contribution in [-0.4, -0.2) is 20.9 Å². The molecule has 0 aliphatic carbocycles. The quantitative estimate of drug-likeness (QED) is 0.515. The van der Waals surface area contributed by atoms with Gasteiger partial charge in [-0.2, -0.15) is 0 Å². The molecule has 1 amide bonds. The summed E-state index contributed by atoms with van der Waals surface area (Å²) in [7, 11) is -4.04. The lowest BCUT2D eigenvalue weighted by Gasteiger charge is -2.24. The summed E-state index contributed by atoms with van der Waals surface area (Å²) in [6.07, 6.45) is 1.45. The van der Waals surface area contributed by atoms with Crippen LogP contribution in [0.5, 0.6) is 0 Å². The minimum atomic E-state index is -4.04. The van der Waals surface area contributed by atoms with Crippen molar-refractivity contribution in [2.24, 2.45) is 0 Å². The van der Waals surface area contributed by atoms with Crippen LogP contribution in [0.3, 0.4) is 0 Å². The predicted molar refractivity (Wildman–Crippen MR) is 117 cm³/mol. The van der Waals surface area contributed by atoms with E-state index < -0.39 is 21.7 Å². The smallest absolute Gasteiger partial charge is 0.264 e. The van der Waals surface area contributed by atoms with Crippen LogP contribution >= 0.6 is 11.6 Å². The van der Waals surface area contributed by atoms with Gasteiger partial charge in [0.15, 0.2) is 0 Å². The van der Waals surface area contributed by atoms with E-state index in [1.165, 1.54) is 54.6 Å². The molecule has 30 heavy (non-hydrogen) atoms. The van der Waals surface area contributed by atoms with Crippen LogP contribution in [0.25, 0.3) is 0 Å². The SMILES string of the molecule is C=CCN(c1ccccc1Cl)S(=O)(=O)c1cccc(C(=O)Nc2cccc(F)c2)c1. The van der Waals surface area contributed by atoms with E-state index in [0.717, 1.165) is 4.31 Å². The third-order valence-corrected chi connectivity index (χ3v) is 6.28. The number of para-hydroxylation sites is 1. The first-order chi connectivity index (χ1) is 14.3. The number of rotatable bonds is 7. The number of benzene rings is 3. The Morgan fingerprint density at radius 2 is 1.80 bits per heavy atom. The molecule has 3 rings (SSSR count). The average molecular weight is 445 g/mol. The van der Waals surface area contributed by atoms with Gasteiger partial charge in [0.05, 0.1) is 22.2 Å². The summed E-state index contributed by atoms with van der Waals surface area (Å²) in [5, 5.41) is 2.81. The first-order valence-electron chi connectivity index (χ1n) is 8.88. The molecule has 0 aliphatic rings. The molecule has 154 valence electrons. The summed E-state index contributed by atoms with van der Waals surface area (Å²) in [4.78, 5) is 12.5. The number of halogens is 2. The molecule has 0 fully saturated rings. The van der Waals surface area contributed by atoms with Gasteiger partial charge < -0.3 is 5.32 Å². The Morgan fingerprint density at radius 3 is 2.50 bits per heavy atom. The highest BCUT2D eigenvalue weighted by Crippen LogP contribution is 2.30.